The highest BCUT2D eigenvalue weighted by Crippen LogP contribution is 2.01. The van der Waals surface area contributed by atoms with Crippen molar-refractivity contribution in [3.8, 4) is 0 Å². The van der Waals surface area contributed by atoms with Crippen molar-refractivity contribution in [1.82, 2.24) is 5.23 Å². The third-order valence-electron chi connectivity index (χ3n) is 1.68. The molecule has 0 atom stereocenters. The molecule has 1 N–H and O–H groups in total. The van der Waals surface area contributed by atoms with E-state index in [1.165, 1.54) is 25.7 Å². The lowest BCUT2D eigenvalue weighted by molar-refractivity contribution is 0.429. The summed E-state index contributed by atoms with van der Waals surface area (Å²) in [5.41, 5.74) is 0. The Labute approximate surface area is 76.7 Å². The van der Waals surface area contributed by atoms with Gasteiger partial charge in [-0.05, 0) is 25.8 Å². The molecule has 0 aromatic carbocycles. The van der Waals surface area contributed by atoms with E-state index < -0.39 is 0 Å². The average molecular weight is 168 g/mol. The molecule has 0 aliphatic carbocycles. The Morgan fingerprint density at radius 2 is 2.08 bits per heavy atom. The minimum Gasteiger partial charge on any atom is -0.427 e. The quantitative estimate of drug-likeness (QED) is 0.322. The first-order valence-corrected chi connectivity index (χ1v) is 4.60. The summed E-state index contributed by atoms with van der Waals surface area (Å²) in [7, 11) is 3.28. The Balaban J connectivity index is 2.77. The SMILES string of the molecule is C=CCCCCCCN[B]OC. The predicted octanol–water partition coefficient (Wildman–Crippen LogP) is 1.89. The Kier molecular flexibility index (Phi) is 10.5. The van der Waals surface area contributed by atoms with Gasteiger partial charge in [-0.2, -0.15) is 0 Å². The topological polar surface area (TPSA) is 21.3 Å². The minimum absolute atomic E-state index is 1.02. The van der Waals surface area contributed by atoms with E-state index in [2.05, 4.69) is 11.8 Å². The maximum Gasteiger partial charge on any atom is 0.395 e. The summed E-state index contributed by atoms with van der Waals surface area (Å²) in [5, 5.41) is 3.06. The standard InChI is InChI=1S/C9H19BNO/c1-3-4-5-6-7-8-9-11-10-12-2/h3,11H,1,4-9H2,2H3. The van der Waals surface area contributed by atoms with E-state index in [0.717, 1.165) is 13.0 Å². The van der Waals surface area contributed by atoms with Crippen molar-refractivity contribution in [1.29, 1.82) is 0 Å². The predicted molar refractivity (Wildman–Crippen MR) is 54.0 cm³/mol. The van der Waals surface area contributed by atoms with Crippen LogP contribution in [-0.2, 0) is 4.65 Å². The molecular formula is C9H19BNO. The van der Waals surface area contributed by atoms with Crippen LogP contribution in [0.25, 0.3) is 0 Å². The monoisotopic (exact) mass is 168 g/mol. The number of allylic oxidation sites excluding steroid dienone is 1. The summed E-state index contributed by atoms with van der Waals surface area (Å²) >= 11 is 0. The van der Waals surface area contributed by atoms with E-state index in [9.17, 15) is 0 Å². The summed E-state index contributed by atoms with van der Waals surface area (Å²) in [6.07, 6.45) is 8.22. The van der Waals surface area contributed by atoms with Gasteiger partial charge in [0.15, 0.2) is 0 Å². The van der Waals surface area contributed by atoms with Gasteiger partial charge in [0.25, 0.3) is 0 Å². The van der Waals surface area contributed by atoms with E-state index in [4.69, 9.17) is 4.65 Å². The van der Waals surface area contributed by atoms with E-state index >= 15 is 0 Å². The second kappa shape index (κ2) is 10.7. The molecule has 0 heterocycles. The molecule has 69 valence electrons. The van der Waals surface area contributed by atoms with Crippen LogP contribution in [0, 0.1) is 0 Å². The van der Waals surface area contributed by atoms with Crippen molar-refractivity contribution < 1.29 is 4.65 Å². The third kappa shape index (κ3) is 9.72. The van der Waals surface area contributed by atoms with Crippen molar-refractivity contribution >= 4 is 7.62 Å². The first-order chi connectivity index (χ1) is 5.91. The van der Waals surface area contributed by atoms with Crippen molar-refractivity contribution in [2.45, 2.75) is 32.1 Å². The number of rotatable bonds is 9. The lowest BCUT2D eigenvalue weighted by Gasteiger charge is -2.00. The Hall–Kier alpha value is -0.275. The maximum atomic E-state index is 4.74. The third-order valence-corrected chi connectivity index (χ3v) is 1.68. The van der Waals surface area contributed by atoms with Crippen LogP contribution in [0.15, 0.2) is 12.7 Å². The van der Waals surface area contributed by atoms with E-state index in [0.29, 0.717) is 0 Å². The van der Waals surface area contributed by atoms with Crippen LogP contribution in [-0.4, -0.2) is 21.3 Å². The zero-order valence-electron chi connectivity index (χ0n) is 8.01. The summed E-state index contributed by atoms with van der Waals surface area (Å²) in [6.45, 7) is 4.70. The van der Waals surface area contributed by atoms with Crippen LogP contribution < -0.4 is 5.23 Å². The average Bonchev–Trinajstić information content (AvgIpc) is 2.10. The van der Waals surface area contributed by atoms with Crippen molar-refractivity contribution in [3.63, 3.8) is 0 Å². The van der Waals surface area contributed by atoms with Gasteiger partial charge in [-0.1, -0.05) is 18.9 Å². The van der Waals surface area contributed by atoms with Gasteiger partial charge < -0.3 is 9.88 Å². The molecule has 0 saturated carbocycles. The van der Waals surface area contributed by atoms with Gasteiger partial charge in [0, 0.05) is 7.11 Å². The number of hydrogen-bond acceptors (Lipinski definition) is 2. The van der Waals surface area contributed by atoms with Gasteiger partial charge >= 0.3 is 7.62 Å². The first kappa shape index (κ1) is 11.7. The molecule has 0 saturated heterocycles. The Bertz CT molecular complexity index is 98.5. The summed E-state index contributed by atoms with van der Waals surface area (Å²) < 4.78 is 4.74. The smallest absolute Gasteiger partial charge is 0.395 e. The molecule has 12 heavy (non-hydrogen) atoms. The van der Waals surface area contributed by atoms with Gasteiger partial charge in [-0.25, -0.2) is 0 Å². The molecule has 0 spiro atoms. The van der Waals surface area contributed by atoms with Gasteiger partial charge in [-0.3, -0.25) is 0 Å². The summed E-state index contributed by atoms with van der Waals surface area (Å²) in [5.74, 6) is 0. The second-order valence-electron chi connectivity index (χ2n) is 2.80. The molecular weight excluding hydrogens is 149 g/mol. The Morgan fingerprint density at radius 3 is 2.75 bits per heavy atom. The van der Waals surface area contributed by atoms with E-state index in [1.807, 2.05) is 6.08 Å². The lowest BCUT2D eigenvalue weighted by Crippen LogP contribution is -2.21. The maximum absolute atomic E-state index is 4.74. The zero-order chi connectivity index (χ0) is 9.07. The number of hydrogen-bond donors (Lipinski definition) is 1. The van der Waals surface area contributed by atoms with Crippen LogP contribution in [0.4, 0.5) is 0 Å². The molecule has 0 rings (SSSR count). The highest BCUT2D eigenvalue weighted by Gasteiger charge is 1.90. The number of unbranched alkanes of at least 4 members (excludes halogenated alkanes) is 4. The van der Waals surface area contributed by atoms with Crippen LogP contribution in [0.2, 0.25) is 0 Å². The molecule has 2 nitrogen and oxygen atoms in total. The van der Waals surface area contributed by atoms with Crippen LogP contribution in [0.5, 0.6) is 0 Å². The van der Waals surface area contributed by atoms with Crippen molar-refractivity contribution in [2.75, 3.05) is 13.7 Å². The molecule has 0 unspecified atom stereocenters. The zero-order valence-corrected chi connectivity index (χ0v) is 8.01. The van der Waals surface area contributed by atoms with E-state index in [-0.39, 0.29) is 0 Å². The van der Waals surface area contributed by atoms with Crippen molar-refractivity contribution in [3.05, 3.63) is 12.7 Å². The van der Waals surface area contributed by atoms with Gasteiger partial charge in [0.05, 0.1) is 0 Å². The highest BCUT2D eigenvalue weighted by atomic mass is 16.4. The van der Waals surface area contributed by atoms with Crippen LogP contribution >= 0.6 is 0 Å². The fourth-order valence-corrected chi connectivity index (χ4v) is 1.01. The Morgan fingerprint density at radius 1 is 1.33 bits per heavy atom. The molecule has 3 heteroatoms. The molecule has 0 amide bonds. The van der Waals surface area contributed by atoms with Gasteiger partial charge in [0.2, 0.25) is 0 Å². The molecule has 0 fully saturated rings. The summed E-state index contributed by atoms with van der Waals surface area (Å²) in [4.78, 5) is 0. The molecule has 0 aliphatic rings. The second-order valence-corrected chi connectivity index (χ2v) is 2.80. The minimum atomic E-state index is 1.02. The fourth-order valence-electron chi connectivity index (χ4n) is 1.01. The molecule has 0 aromatic rings. The van der Waals surface area contributed by atoms with E-state index in [1.54, 1.807) is 14.7 Å². The van der Waals surface area contributed by atoms with Gasteiger partial charge in [-0.15, -0.1) is 6.58 Å². The van der Waals surface area contributed by atoms with Crippen LogP contribution in [0.3, 0.4) is 0 Å². The molecule has 1 radical (unpaired) electrons. The summed E-state index contributed by atoms with van der Waals surface area (Å²) in [6, 6.07) is 0. The highest BCUT2D eigenvalue weighted by molar-refractivity contribution is 6.23. The molecule has 0 aromatic heterocycles. The van der Waals surface area contributed by atoms with Gasteiger partial charge in [0.1, 0.15) is 0 Å². The normalized spacial score (nSPS) is 9.75. The molecule has 0 bridgehead atoms. The first-order valence-electron chi connectivity index (χ1n) is 4.60. The molecule has 0 aliphatic heterocycles. The fraction of sp³-hybridized carbons (Fsp3) is 0.778. The van der Waals surface area contributed by atoms with Crippen LogP contribution in [0.1, 0.15) is 32.1 Å². The number of nitrogens with one attached hydrogen (secondary N) is 1. The lowest BCUT2D eigenvalue weighted by atomic mass is 10.1. The van der Waals surface area contributed by atoms with Crippen molar-refractivity contribution in [2.24, 2.45) is 0 Å². The largest absolute Gasteiger partial charge is 0.427 e.